The fourth-order valence-electron chi connectivity index (χ4n) is 2.06. The zero-order valence-corrected chi connectivity index (χ0v) is 13.7. The molecule has 0 saturated heterocycles. The molecule has 7 heteroatoms. The number of methoxy groups -OCH3 is 2. The van der Waals surface area contributed by atoms with Crippen LogP contribution in [0, 0.1) is 5.82 Å². The summed E-state index contributed by atoms with van der Waals surface area (Å²) in [4.78, 5) is -0.138. The number of hydrogen-bond acceptors (Lipinski definition) is 4. The Labute approximate surface area is 135 Å². The average Bonchev–Trinajstić information content (AvgIpc) is 2.54. The normalized spacial score (nSPS) is 11.3. The first-order valence-corrected chi connectivity index (χ1v) is 8.40. The molecule has 2 aromatic rings. The van der Waals surface area contributed by atoms with Crippen molar-refractivity contribution in [1.29, 1.82) is 0 Å². The number of nitrogens with one attached hydrogen (secondary N) is 1. The average molecular weight is 339 g/mol. The molecule has 0 aliphatic heterocycles. The maximum atomic E-state index is 13.6. The lowest BCUT2D eigenvalue weighted by Crippen LogP contribution is -2.26. The summed E-state index contributed by atoms with van der Waals surface area (Å²) in [5.74, 6) is -0.00826. The summed E-state index contributed by atoms with van der Waals surface area (Å²) in [6.45, 7) is 0.198. The van der Waals surface area contributed by atoms with Crippen molar-refractivity contribution >= 4 is 10.0 Å². The lowest BCUT2D eigenvalue weighted by Gasteiger charge is -2.09. The van der Waals surface area contributed by atoms with Gasteiger partial charge in [-0.05, 0) is 42.3 Å². The Kier molecular flexibility index (Phi) is 5.57. The molecule has 0 bridgehead atoms. The largest absolute Gasteiger partial charge is 0.497 e. The van der Waals surface area contributed by atoms with E-state index in [-0.39, 0.29) is 17.2 Å². The summed E-state index contributed by atoms with van der Waals surface area (Å²) in [6.07, 6.45) is 0.495. The van der Waals surface area contributed by atoms with Crippen LogP contribution in [0.4, 0.5) is 4.39 Å². The Balaban J connectivity index is 2.02. The number of rotatable bonds is 7. The van der Waals surface area contributed by atoms with Crippen molar-refractivity contribution in [3.63, 3.8) is 0 Å². The Morgan fingerprint density at radius 1 is 1.09 bits per heavy atom. The molecule has 0 aromatic heterocycles. The molecule has 0 amide bonds. The standard InChI is InChI=1S/C16H18FNO4S/c1-21-13-5-3-4-12(10-13)8-9-18-23(19,20)14-6-7-16(22-2)15(17)11-14/h3-7,10-11,18H,8-9H2,1-2H3. The van der Waals surface area contributed by atoms with Crippen LogP contribution in [0.2, 0.25) is 0 Å². The van der Waals surface area contributed by atoms with E-state index in [2.05, 4.69) is 4.72 Å². The number of ether oxygens (including phenoxy) is 2. The predicted octanol–water partition coefficient (Wildman–Crippen LogP) is 2.36. The topological polar surface area (TPSA) is 64.6 Å². The van der Waals surface area contributed by atoms with Crippen LogP contribution in [0.1, 0.15) is 5.56 Å². The molecule has 0 heterocycles. The van der Waals surface area contributed by atoms with Gasteiger partial charge in [0.1, 0.15) is 5.75 Å². The Hall–Kier alpha value is -2.12. The van der Waals surface area contributed by atoms with E-state index in [1.165, 1.54) is 19.2 Å². The van der Waals surface area contributed by atoms with E-state index in [9.17, 15) is 12.8 Å². The van der Waals surface area contributed by atoms with Gasteiger partial charge in [-0.25, -0.2) is 17.5 Å². The van der Waals surface area contributed by atoms with Gasteiger partial charge in [0.05, 0.1) is 19.1 Å². The SMILES string of the molecule is COc1cccc(CCNS(=O)(=O)c2ccc(OC)c(F)c2)c1. The van der Waals surface area contributed by atoms with Gasteiger partial charge in [0.15, 0.2) is 11.6 Å². The van der Waals surface area contributed by atoms with Gasteiger partial charge < -0.3 is 9.47 Å². The third-order valence-electron chi connectivity index (χ3n) is 3.27. The summed E-state index contributed by atoms with van der Waals surface area (Å²) in [6, 6.07) is 10.9. The minimum absolute atomic E-state index is 0.000306. The van der Waals surface area contributed by atoms with E-state index >= 15 is 0 Å². The van der Waals surface area contributed by atoms with E-state index in [4.69, 9.17) is 9.47 Å². The van der Waals surface area contributed by atoms with Crippen molar-refractivity contribution in [2.75, 3.05) is 20.8 Å². The zero-order valence-electron chi connectivity index (χ0n) is 12.9. The Morgan fingerprint density at radius 3 is 2.52 bits per heavy atom. The maximum Gasteiger partial charge on any atom is 0.240 e. The van der Waals surface area contributed by atoms with Crippen molar-refractivity contribution in [2.45, 2.75) is 11.3 Å². The third kappa shape index (κ3) is 4.43. The molecule has 0 aliphatic carbocycles. The highest BCUT2D eigenvalue weighted by molar-refractivity contribution is 7.89. The van der Waals surface area contributed by atoms with Crippen LogP contribution in [0.3, 0.4) is 0 Å². The van der Waals surface area contributed by atoms with Crippen molar-refractivity contribution < 1.29 is 22.3 Å². The molecule has 0 radical (unpaired) electrons. The number of sulfonamides is 1. The van der Waals surface area contributed by atoms with E-state index < -0.39 is 15.8 Å². The molecule has 0 aliphatic rings. The van der Waals surface area contributed by atoms with Crippen molar-refractivity contribution in [1.82, 2.24) is 4.72 Å². The van der Waals surface area contributed by atoms with Crippen LogP contribution in [0.15, 0.2) is 47.4 Å². The predicted molar refractivity (Wildman–Crippen MR) is 84.8 cm³/mol. The minimum Gasteiger partial charge on any atom is -0.497 e. The maximum absolute atomic E-state index is 13.6. The van der Waals surface area contributed by atoms with Crippen LogP contribution in [-0.4, -0.2) is 29.2 Å². The lowest BCUT2D eigenvalue weighted by molar-refractivity contribution is 0.385. The zero-order chi connectivity index (χ0) is 16.9. The van der Waals surface area contributed by atoms with Gasteiger partial charge in [0.25, 0.3) is 0 Å². The Bertz CT molecular complexity index is 777. The van der Waals surface area contributed by atoms with Gasteiger partial charge in [-0.2, -0.15) is 0 Å². The third-order valence-corrected chi connectivity index (χ3v) is 4.73. The van der Waals surface area contributed by atoms with Crippen LogP contribution in [0.25, 0.3) is 0 Å². The first-order valence-electron chi connectivity index (χ1n) is 6.92. The highest BCUT2D eigenvalue weighted by Gasteiger charge is 2.16. The number of benzene rings is 2. The molecular weight excluding hydrogens is 321 g/mol. The second-order valence-corrected chi connectivity index (χ2v) is 6.56. The first-order chi connectivity index (χ1) is 11.0. The molecule has 0 spiro atoms. The van der Waals surface area contributed by atoms with Gasteiger partial charge in [0.2, 0.25) is 10.0 Å². The molecule has 0 atom stereocenters. The summed E-state index contributed by atoms with van der Waals surface area (Å²) < 4.78 is 50.3. The van der Waals surface area contributed by atoms with Gasteiger partial charge in [0, 0.05) is 6.54 Å². The smallest absolute Gasteiger partial charge is 0.240 e. The molecule has 2 aromatic carbocycles. The van der Waals surface area contributed by atoms with Crippen molar-refractivity contribution in [3.8, 4) is 11.5 Å². The highest BCUT2D eigenvalue weighted by Crippen LogP contribution is 2.20. The second-order valence-electron chi connectivity index (χ2n) is 4.80. The van der Waals surface area contributed by atoms with E-state index in [0.717, 1.165) is 11.6 Å². The van der Waals surface area contributed by atoms with Crippen molar-refractivity contribution in [2.24, 2.45) is 0 Å². The molecule has 0 saturated carbocycles. The highest BCUT2D eigenvalue weighted by atomic mass is 32.2. The number of halogens is 1. The molecule has 1 N–H and O–H groups in total. The van der Waals surface area contributed by atoms with Crippen LogP contribution < -0.4 is 14.2 Å². The van der Waals surface area contributed by atoms with Gasteiger partial charge in [-0.1, -0.05) is 12.1 Å². The minimum atomic E-state index is -3.77. The Morgan fingerprint density at radius 2 is 1.87 bits per heavy atom. The molecule has 0 unspecified atom stereocenters. The fourth-order valence-corrected chi connectivity index (χ4v) is 3.10. The molecule has 23 heavy (non-hydrogen) atoms. The molecule has 5 nitrogen and oxygen atoms in total. The van der Waals surface area contributed by atoms with Crippen LogP contribution in [0.5, 0.6) is 11.5 Å². The fraction of sp³-hybridized carbons (Fsp3) is 0.250. The first kappa shape index (κ1) is 17.2. The summed E-state index contributed by atoms with van der Waals surface area (Å²) >= 11 is 0. The second kappa shape index (κ2) is 7.43. The van der Waals surface area contributed by atoms with E-state index in [1.807, 2.05) is 24.3 Å². The molecule has 124 valence electrons. The van der Waals surface area contributed by atoms with Crippen molar-refractivity contribution in [3.05, 3.63) is 53.8 Å². The van der Waals surface area contributed by atoms with Gasteiger partial charge >= 0.3 is 0 Å². The molecule has 0 fully saturated rings. The summed E-state index contributed by atoms with van der Waals surface area (Å²) in [7, 11) is -0.882. The quantitative estimate of drug-likeness (QED) is 0.841. The van der Waals surface area contributed by atoms with Gasteiger partial charge in [-0.15, -0.1) is 0 Å². The summed E-state index contributed by atoms with van der Waals surface area (Å²) in [5.41, 5.74) is 0.938. The lowest BCUT2D eigenvalue weighted by atomic mass is 10.1. The van der Waals surface area contributed by atoms with Crippen LogP contribution in [-0.2, 0) is 16.4 Å². The summed E-state index contributed by atoms with van der Waals surface area (Å²) in [5, 5.41) is 0. The van der Waals surface area contributed by atoms with Crippen LogP contribution >= 0.6 is 0 Å². The van der Waals surface area contributed by atoms with Gasteiger partial charge in [-0.3, -0.25) is 0 Å². The number of hydrogen-bond donors (Lipinski definition) is 1. The van der Waals surface area contributed by atoms with E-state index in [0.29, 0.717) is 12.2 Å². The molecule has 2 rings (SSSR count). The van der Waals surface area contributed by atoms with E-state index in [1.54, 1.807) is 7.11 Å². The molecular formula is C16H18FNO4S. The monoisotopic (exact) mass is 339 g/mol.